The zero-order valence-corrected chi connectivity index (χ0v) is 25.8. The maximum Gasteiger partial charge on any atom is 0.283 e. The number of aromatic amines is 1. The van der Waals surface area contributed by atoms with Gasteiger partial charge in [-0.15, -0.1) is 21.5 Å². The predicted molar refractivity (Wildman–Crippen MR) is 163 cm³/mol. The first-order valence-corrected chi connectivity index (χ1v) is 16.4. The normalized spacial score (nSPS) is 19.4. The Balaban J connectivity index is 1.24. The Kier molecular flexibility index (Phi) is 8.45. The van der Waals surface area contributed by atoms with Crippen molar-refractivity contribution in [2.45, 2.75) is 49.8 Å². The fraction of sp³-hybridized carbons (Fsp3) is 0.370. The molecule has 4 heterocycles. The standard InChI is InChI=1S/C27H31N11O5S2/c1-15-8-21-22(12-29-15)44-26(31-21)27(40)38-7-6-37(14-19(38)11-24(39)30-13-23-32-35-36-33-23)45(42,43)20-5-4-16-9-18(25(28)34-41)3-2-17(16)10-20/h2-5,9-10,15,19,29,41H,6-8,11-14H2,1H3,(H2,28,34)(H,30,39)(H,32,33,35,36). The number of nitrogens with zero attached hydrogens (tertiary/aromatic N) is 7. The third kappa shape index (κ3) is 6.35. The molecule has 1 fully saturated rings. The Morgan fingerprint density at radius 2 is 2.00 bits per heavy atom. The van der Waals surface area contributed by atoms with Gasteiger partial charge in [0.05, 0.1) is 23.2 Å². The van der Waals surface area contributed by atoms with E-state index in [1.807, 2.05) is 0 Å². The lowest BCUT2D eigenvalue weighted by Gasteiger charge is -2.40. The number of aromatic nitrogens is 5. The number of nitrogens with two attached hydrogens (primary N) is 1. The van der Waals surface area contributed by atoms with E-state index in [1.54, 1.807) is 35.2 Å². The first kappa shape index (κ1) is 30.5. The average molecular weight is 654 g/mol. The number of fused-ring (bicyclic) bond motifs is 2. The number of nitrogens with one attached hydrogen (secondary N) is 3. The third-order valence-corrected chi connectivity index (χ3v) is 10.8. The summed E-state index contributed by atoms with van der Waals surface area (Å²) in [5, 5.41) is 33.2. The first-order valence-electron chi connectivity index (χ1n) is 14.2. The molecular weight excluding hydrogens is 623 g/mol. The smallest absolute Gasteiger partial charge is 0.283 e. The van der Waals surface area contributed by atoms with E-state index in [0.29, 0.717) is 34.3 Å². The predicted octanol–water partition coefficient (Wildman–Crippen LogP) is 0.160. The fourth-order valence-electron chi connectivity index (χ4n) is 5.48. The van der Waals surface area contributed by atoms with E-state index in [9.17, 15) is 18.0 Å². The summed E-state index contributed by atoms with van der Waals surface area (Å²) in [4.78, 5) is 34.1. The van der Waals surface area contributed by atoms with Crippen LogP contribution >= 0.6 is 11.3 Å². The van der Waals surface area contributed by atoms with Crippen LogP contribution in [0.3, 0.4) is 0 Å². The minimum absolute atomic E-state index is 0.0248. The van der Waals surface area contributed by atoms with Crippen molar-refractivity contribution in [3.63, 3.8) is 0 Å². The van der Waals surface area contributed by atoms with Gasteiger partial charge in [0.2, 0.25) is 15.9 Å². The summed E-state index contributed by atoms with van der Waals surface area (Å²) in [5.41, 5.74) is 7.08. The van der Waals surface area contributed by atoms with Gasteiger partial charge in [-0.05, 0) is 35.9 Å². The molecule has 0 saturated carbocycles. The second kappa shape index (κ2) is 12.5. The number of carbonyl (C=O) groups excluding carboxylic acids is 2. The molecule has 0 aliphatic carbocycles. The minimum atomic E-state index is -4.00. The van der Waals surface area contributed by atoms with E-state index >= 15 is 0 Å². The molecule has 0 bridgehead atoms. The number of amidine groups is 1. The van der Waals surface area contributed by atoms with Gasteiger partial charge in [0.25, 0.3) is 5.91 Å². The highest BCUT2D eigenvalue weighted by atomic mass is 32.2. The Bertz CT molecular complexity index is 1880. The molecule has 6 rings (SSSR count). The van der Waals surface area contributed by atoms with Crippen LogP contribution in [0.5, 0.6) is 0 Å². The van der Waals surface area contributed by atoms with Gasteiger partial charge in [-0.3, -0.25) is 9.59 Å². The number of hydrogen-bond acceptors (Lipinski definition) is 12. The average Bonchev–Trinajstić information content (AvgIpc) is 3.72. The molecule has 0 spiro atoms. The van der Waals surface area contributed by atoms with Crippen molar-refractivity contribution < 1.29 is 23.2 Å². The summed E-state index contributed by atoms with van der Waals surface area (Å²) < 4.78 is 29.1. The number of oxime groups is 1. The van der Waals surface area contributed by atoms with Crippen LogP contribution in [0.1, 0.15) is 45.1 Å². The van der Waals surface area contributed by atoms with Gasteiger partial charge < -0.3 is 26.5 Å². The lowest BCUT2D eigenvalue weighted by Crippen LogP contribution is -2.57. The molecule has 4 aromatic rings. The zero-order chi connectivity index (χ0) is 31.7. The van der Waals surface area contributed by atoms with Crippen LogP contribution in [0.25, 0.3) is 10.8 Å². The Labute approximate surface area is 261 Å². The minimum Gasteiger partial charge on any atom is -0.409 e. The molecule has 2 atom stereocenters. The molecule has 6 N–H and O–H groups in total. The van der Waals surface area contributed by atoms with E-state index in [-0.39, 0.29) is 61.1 Å². The Hall–Kier alpha value is -4.52. The number of benzene rings is 2. The fourth-order valence-corrected chi connectivity index (χ4v) is 7.98. The van der Waals surface area contributed by atoms with Crippen molar-refractivity contribution in [2.24, 2.45) is 10.9 Å². The number of tetrazole rings is 1. The molecule has 1 saturated heterocycles. The van der Waals surface area contributed by atoms with E-state index in [2.05, 4.69) is 48.3 Å². The molecule has 2 unspecified atom stereocenters. The van der Waals surface area contributed by atoms with Crippen molar-refractivity contribution in [1.82, 2.24) is 45.4 Å². The number of carbonyl (C=O) groups is 2. The van der Waals surface area contributed by atoms with Crippen LogP contribution in [-0.2, 0) is 34.3 Å². The third-order valence-electron chi connectivity index (χ3n) is 7.89. The van der Waals surface area contributed by atoms with E-state index in [1.165, 1.54) is 21.7 Å². The van der Waals surface area contributed by atoms with Gasteiger partial charge in [-0.2, -0.15) is 9.52 Å². The topological polar surface area (TPSA) is 225 Å². The molecule has 2 aromatic heterocycles. The number of H-pyrrole nitrogens is 1. The van der Waals surface area contributed by atoms with Crippen LogP contribution in [0, 0.1) is 0 Å². The molecular formula is C27H31N11O5S2. The first-order chi connectivity index (χ1) is 21.6. The number of hydrogen-bond donors (Lipinski definition) is 5. The molecule has 236 valence electrons. The van der Waals surface area contributed by atoms with Crippen molar-refractivity contribution in [2.75, 3.05) is 19.6 Å². The summed E-state index contributed by atoms with van der Waals surface area (Å²) in [5.74, 6) is -0.500. The van der Waals surface area contributed by atoms with E-state index in [4.69, 9.17) is 10.9 Å². The van der Waals surface area contributed by atoms with E-state index < -0.39 is 22.0 Å². The molecule has 16 nitrogen and oxygen atoms in total. The van der Waals surface area contributed by atoms with Gasteiger partial charge >= 0.3 is 0 Å². The second-order valence-electron chi connectivity index (χ2n) is 10.9. The molecule has 2 amide bonds. The van der Waals surface area contributed by atoms with Gasteiger partial charge in [-0.25, -0.2) is 13.4 Å². The quantitative estimate of drug-likeness (QED) is 0.0745. The molecule has 0 radical (unpaired) electrons. The highest BCUT2D eigenvalue weighted by molar-refractivity contribution is 7.89. The Morgan fingerprint density at radius 1 is 1.20 bits per heavy atom. The van der Waals surface area contributed by atoms with Crippen LogP contribution in [0.2, 0.25) is 0 Å². The molecule has 2 aromatic carbocycles. The van der Waals surface area contributed by atoms with Crippen LogP contribution < -0.4 is 16.4 Å². The van der Waals surface area contributed by atoms with Crippen molar-refractivity contribution in [3.8, 4) is 0 Å². The molecule has 2 aliphatic rings. The maximum absolute atomic E-state index is 13.9. The van der Waals surface area contributed by atoms with Gasteiger partial charge in [-0.1, -0.05) is 28.6 Å². The van der Waals surface area contributed by atoms with Crippen LogP contribution in [0.4, 0.5) is 0 Å². The van der Waals surface area contributed by atoms with E-state index in [0.717, 1.165) is 10.6 Å². The number of piperazine rings is 1. The molecule has 18 heteroatoms. The lowest BCUT2D eigenvalue weighted by atomic mass is 10.1. The van der Waals surface area contributed by atoms with Crippen molar-refractivity contribution in [1.29, 1.82) is 0 Å². The van der Waals surface area contributed by atoms with Crippen LogP contribution in [0.15, 0.2) is 46.4 Å². The van der Waals surface area contributed by atoms with Crippen molar-refractivity contribution >= 4 is 49.8 Å². The van der Waals surface area contributed by atoms with Crippen molar-refractivity contribution in [3.05, 3.63) is 63.4 Å². The van der Waals surface area contributed by atoms with Gasteiger partial charge in [0.1, 0.15) is 0 Å². The summed E-state index contributed by atoms with van der Waals surface area (Å²) in [6.07, 6.45) is 0.566. The SMILES string of the molecule is CC1Cc2nc(C(=O)N3CCN(S(=O)(=O)c4ccc5cc(/C(N)=N\O)ccc5c4)CC3CC(=O)NCc3nn[nH]n3)sc2CN1. The molecule has 45 heavy (non-hydrogen) atoms. The monoisotopic (exact) mass is 653 g/mol. The highest BCUT2D eigenvalue weighted by Gasteiger charge is 2.39. The number of thiazole rings is 1. The summed E-state index contributed by atoms with van der Waals surface area (Å²) >= 11 is 1.32. The van der Waals surface area contributed by atoms with Crippen LogP contribution in [-0.4, -0.2) is 97.8 Å². The summed E-state index contributed by atoms with van der Waals surface area (Å²) in [7, 11) is -4.00. The number of amides is 2. The summed E-state index contributed by atoms with van der Waals surface area (Å²) in [6, 6.07) is 9.21. The van der Waals surface area contributed by atoms with Gasteiger partial charge in [0, 0.05) is 55.5 Å². The lowest BCUT2D eigenvalue weighted by molar-refractivity contribution is -0.122. The summed E-state index contributed by atoms with van der Waals surface area (Å²) in [6.45, 7) is 2.74. The maximum atomic E-state index is 13.9. The number of rotatable bonds is 8. The number of sulfonamides is 1. The van der Waals surface area contributed by atoms with Gasteiger partial charge in [0.15, 0.2) is 16.7 Å². The highest BCUT2D eigenvalue weighted by Crippen LogP contribution is 2.29. The zero-order valence-electron chi connectivity index (χ0n) is 24.2. The Morgan fingerprint density at radius 3 is 2.78 bits per heavy atom. The second-order valence-corrected chi connectivity index (χ2v) is 13.9. The molecule has 2 aliphatic heterocycles. The largest absolute Gasteiger partial charge is 0.409 e.